The lowest BCUT2D eigenvalue weighted by Gasteiger charge is -2.13. The summed E-state index contributed by atoms with van der Waals surface area (Å²) in [5.74, 6) is 3.06. The van der Waals surface area contributed by atoms with Gasteiger partial charge in [0.15, 0.2) is 5.82 Å². The highest BCUT2D eigenvalue weighted by Gasteiger charge is 2.58. The molecular weight excluding hydrogens is 240 g/mol. The van der Waals surface area contributed by atoms with E-state index >= 15 is 0 Å². The van der Waals surface area contributed by atoms with Crippen LogP contribution in [0.25, 0.3) is 0 Å². The van der Waals surface area contributed by atoms with Gasteiger partial charge >= 0.3 is 0 Å². The monoisotopic (exact) mass is 258 g/mol. The van der Waals surface area contributed by atoms with E-state index in [4.69, 9.17) is 5.73 Å². The fourth-order valence-electron chi connectivity index (χ4n) is 3.60. The molecule has 2 atom stereocenters. The average Bonchev–Trinajstić information content (AvgIpc) is 2.81. The molecule has 0 saturated heterocycles. The third-order valence-corrected chi connectivity index (χ3v) is 4.66. The Morgan fingerprint density at radius 2 is 2.00 bits per heavy atom. The number of rotatable bonds is 2. The van der Waals surface area contributed by atoms with Crippen LogP contribution in [0, 0.1) is 18.8 Å². The molecule has 2 heterocycles. The minimum Gasteiger partial charge on any atom is -0.396 e. The molecule has 2 N–H and O–H groups in total. The Morgan fingerprint density at radius 3 is 2.53 bits per heavy atom. The fraction of sp³-hybridized carbons (Fsp3) is 0.615. The first-order chi connectivity index (χ1) is 9.13. The first kappa shape index (κ1) is 11.0. The van der Waals surface area contributed by atoms with Crippen molar-refractivity contribution in [3.63, 3.8) is 0 Å². The third kappa shape index (κ3) is 1.59. The van der Waals surface area contributed by atoms with E-state index in [-0.39, 0.29) is 0 Å². The summed E-state index contributed by atoms with van der Waals surface area (Å²) in [7, 11) is 1.92. The third-order valence-electron chi connectivity index (χ3n) is 4.66. The van der Waals surface area contributed by atoms with Crippen molar-refractivity contribution in [1.29, 1.82) is 0 Å². The zero-order valence-electron chi connectivity index (χ0n) is 11.2. The van der Waals surface area contributed by atoms with Crippen molar-refractivity contribution in [2.75, 3.05) is 5.73 Å². The average molecular weight is 258 g/mol. The van der Waals surface area contributed by atoms with Gasteiger partial charge in [-0.1, -0.05) is 0 Å². The second-order valence-corrected chi connectivity index (χ2v) is 5.91. The second-order valence-electron chi connectivity index (χ2n) is 5.91. The van der Waals surface area contributed by atoms with Crippen molar-refractivity contribution in [2.24, 2.45) is 18.9 Å². The molecule has 2 aliphatic carbocycles. The molecule has 2 unspecified atom stereocenters. The Balaban J connectivity index is 1.48. The van der Waals surface area contributed by atoms with Gasteiger partial charge in [0.1, 0.15) is 6.33 Å². The first-order valence-electron chi connectivity index (χ1n) is 6.80. The van der Waals surface area contributed by atoms with E-state index < -0.39 is 0 Å². The Labute approximate surface area is 111 Å². The summed E-state index contributed by atoms with van der Waals surface area (Å²) in [6.07, 6.45) is 6.11. The highest BCUT2D eigenvalue weighted by molar-refractivity contribution is 5.39. The number of nitrogen functional groups attached to an aromatic ring is 1. The molecule has 2 saturated carbocycles. The van der Waals surface area contributed by atoms with Crippen LogP contribution < -0.4 is 5.73 Å². The molecule has 6 nitrogen and oxygen atoms in total. The summed E-state index contributed by atoms with van der Waals surface area (Å²) in [6.45, 7) is 1.96. The Morgan fingerprint density at radius 1 is 1.26 bits per heavy atom. The topological polar surface area (TPSA) is 74.5 Å². The maximum absolute atomic E-state index is 5.87. The predicted octanol–water partition coefficient (Wildman–Crippen LogP) is 1.27. The lowest BCUT2D eigenvalue weighted by molar-refractivity contribution is 0.411. The van der Waals surface area contributed by atoms with Gasteiger partial charge in [0.2, 0.25) is 0 Å². The number of hydrogen-bond donors (Lipinski definition) is 1. The number of aryl methyl sites for hydroxylation is 2. The van der Waals surface area contributed by atoms with Gasteiger partial charge in [-0.15, -0.1) is 0 Å². The van der Waals surface area contributed by atoms with Crippen LogP contribution in [-0.4, -0.2) is 24.5 Å². The summed E-state index contributed by atoms with van der Waals surface area (Å²) < 4.78 is 3.85. The maximum Gasteiger partial charge on any atom is 0.154 e. The molecular formula is C13H18N6. The quantitative estimate of drug-likeness (QED) is 0.880. The van der Waals surface area contributed by atoms with Gasteiger partial charge in [-0.3, -0.25) is 9.36 Å². The van der Waals surface area contributed by atoms with E-state index in [2.05, 4.69) is 19.9 Å². The van der Waals surface area contributed by atoms with Crippen LogP contribution in [-0.2, 0) is 7.05 Å². The Kier molecular flexibility index (Phi) is 2.08. The number of anilines is 1. The van der Waals surface area contributed by atoms with Crippen molar-refractivity contribution in [1.82, 2.24) is 24.5 Å². The van der Waals surface area contributed by atoms with E-state index in [9.17, 15) is 0 Å². The van der Waals surface area contributed by atoms with Gasteiger partial charge in [0.25, 0.3) is 0 Å². The SMILES string of the molecule is Cc1nn(C2CC3C(C2)C3c2ncn(C)n2)cc1N. The maximum atomic E-state index is 5.87. The van der Waals surface area contributed by atoms with Crippen LogP contribution in [0.1, 0.15) is 36.3 Å². The van der Waals surface area contributed by atoms with E-state index in [0.717, 1.165) is 29.0 Å². The highest BCUT2D eigenvalue weighted by atomic mass is 15.3. The standard InChI is InChI=1S/C13H18N6/c1-7-11(14)5-19(16-7)8-3-9-10(4-8)12(9)13-15-6-18(2)17-13/h5-6,8-10,12H,3-4,14H2,1-2H3. The summed E-state index contributed by atoms with van der Waals surface area (Å²) in [5.41, 5.74) is 7.60. The largest absolute Gasteiger partial charge is 0.396 e. The van der Waals surface area contributed by atoms with Gasteiger partial charge in [-0.25, -0.2) is 4.98 Å². The molecule has 6 heteroatoms. The minimum absolute atomic E-state index is 0.506. The zero-order valence-corrected chi connectivity index (χ0v) is 11.2. The molecule has 19 heavy (non-hydrogen) atoms. The summed E-state index contributed by atoms with van der Waals surface area (Å²) in [5, 5.41) is 8.94. The van der Waals surface area contributed by atoms with Crippen LogP contribution >= 0.6 is 0 Å². The highest BCUT2D eigenvalue weighted by Crippen LogP contribution is 2.65. The van der Waals surface area contributed by atoms with Crippen LogP contribution in [0.2, 0.25) is 0 Å². The second kappa shape index (κ2) is 3.59. The molecule has 0 amide bonds. The van der Waals surface area contributed by atoms with Gasteiger partial charge < -0.3 is 5.73 Å². The molecule has 2 fully saturated rings. The fourth-order valence-corrected chi connectivity index (χ4v) is 3.60. The first-order valence-corrected chi connectivity index (χ1v) is 6.80. The number of nitrogens with two attached hydrogens (primary N) is 1. The summed E-state index contributed by atoms with van der Waals surface area (Å²) in [4.78, 5) is 4.39. The van der Waals surface area contributed by atoms with Gasteiger partial charge in [0.05, 0.1) is 17.4 Å². The normalized spacial score (nSPS) is 32.5. The zero-order chi connectivity index (χ0) is 13.1. The van der Waals surface area contributed by atoms with Crippen LogP contribution in [0.3, 0.4) is 0 Å². The number of nitrogens with zero attached hydrogens (tertiary/aromatic N) is 5. The molecule has 2 aromatic rings. The molecule has 0 bridgehead atoms. The predicted molar refractivity (Wildman–Crippen MR) is 70.4 cm³/mol. The van der Waals surface area contributed by atoms with E-state index in [1.165, 1.54) is 12.8 Å². The van der Waals surface area contributed by atoms with Crippen molar-refractivity contribution in [3.8, 4) is 0 Å². The molecule has 0 aromatic carbocycles. The minimum atomic E-state index is 0.506. The molecule has 0 spiro atoms. The van der Waals surface area contributed by atoms with E-state index in [1.54, 1.807) is 11.0 Å². The van der Waals surface area contributed by atoms with Gasteiger partial charge in [-0.05, 0) is 31.6 Å². The van der Waals surface area contributed by atoms with Crippen LogP contribution in [0.4, 0.5) is 5.69 Å². The Hall–Kier alpha value is -1.85. The number of hydrogen-bond acceptors (Lipinski definition) is 4. The molecule has 0 radical (unpaired) electrons. The number of fused-ring (bicyclic) bond motifs is 1. The molecule has 2 aliphatic rings. The summed E-state index contributed by atoms with van der Waals surface area (Å²) >= 11 is 0. The molecule has 2 aromatic heterocycles. The molecule has 0 aliphatic heterocycles. The van der Waals surface area contributed by atoms with E-state index in [0.29, 0.717) is 12.0 Å². The van der Waals surface area contributed by atoms with Crippen LogP contribution in [0.15, 0.2) is 12.5 Å². The van der Waals surface area contributed by atoms with Gasteiger partial charge in [-0.2, -0.15) is 10.2 Å². The lowest BCUT2D eigenvalue weighted by atomic mass is 10.1. The van der Waals surface area contributed by atoms with Crippen molar-refractivity contribution in [2.45, 2.75) is 31.7 Å². The number of aromatic nitrogens is 5. The van der Waals surface area contributed by atoms with Crippen molar-refractivity contribution in [3.05, 3.63) is 24.0 Å². The molecule has 4 rings (SSSR count). The van der Waals surface area contributed by atoms with Crippen molar-refractivity contribution >= 4 is 5.69 Å². The lowest BCUT2D eigenvalue weighted by Crippen LogP contribution is -2.09. The van der Waals surface area contributed by atoms with Crippen molar-refractivity contribution < 1.29 is 0 Å². The molecule has 100 valence electrons. The summed E-state index contributed by atoms with van der Waals surface area (Å²) in [6, 6.07) is 0.506. The van der Waals surface area contributed by atoms with Crippen LogP contribution in [0.5, 0.6) is 0 Å². The smallest absolute Gasteiger partial charge is 0.154 e. The Bertz CT molecular complexity index is 595. The van der Waals surface area contributed by atoms with E-state index in [1.807, 2.05) is 20.2 Å². The van der Waals surface area contributed by atoms with Gasteiger partial charge in [0, 0.05) is 19.2 Å².